The van der Waals surface area contributed by atoms with Crippen molar-refractivity contribution >= 4 is 27.1 Å². The van der Waals surface area contributed by atoms with Crippen LogP contribution in [0.1, 0.15) is 16.8 Å². The molecule has 8 heteroatoms. The van der Waals surface area contributed by atoms with Crippen LogP contribution in [0.15, 0.2) is 16.8 Å². The average molecular weight is 370 g/mol. The number of hydrogen-bond acceptors (Lipinski definition) is 6. The highest BCUT2D eigenvalue weighted by atomic mass is 32.2. The number of morpholine rings is 1. The van der Waals surface area contributed by atoms with Crippen LogP contribution in [-0.4, -0.2) is 80.6 Å². The highest BCUT2D eigenvalue weighted by Gasteiger charge is 2.62. The minimum Gasteiger partial charge on any atom is -0.379 e. The third-order valence-electron chi connectivity index (χ3n) is 5.65. The van der Waals surface area contributed by atoms with Gasteiger partial charge in [-0.05, 0) is 23.8 Å². The zero-order chi connectivity index (χ0) is 16.8. The van der Waals surface area contributed by atoms with Gasteiger partial charge in [0.15, 0.2) is 9.84 Å². The van der Waals surface area contributed by atoms with Crippen LogP contribution in [0, 0.1) is 5.92 Å². The van der Waals surface area contributed by atoms with E-state index in [1.807, 2.05) is 10.8 Å². The Bertz CT molecular complexity index is 704. The van der Waals surface area contributed by atoms with E-state index in [1.54, 1.807) is 11.0 Å². The molecule has 3 aliphatic heterocycles. The maximum absolute atomic E-state index is 12.7. The van der Waals surface area contributed by atoms with E-state index in [2.05, 4.69) is 4.90 Å². The van der Waals surface area contributed by atoms with Crippen molar-refractivity contribution in [2.45, 2.75) is 11.2 Å². The van der Waals surface area contributed by atoms with Gasteiger partial charge in [-0.1, -0.05) is 0 Å². The molecule has 1 unspecified atom stereocenters. The Hall–Kier alpha value is -0.960. The largest absolute Gasteiger partial charge is 0.379 e. The molecule has 0 saturated carbocycles. The lowest BCUT2D eigenvalue weighted by molar-refractivity contribution is 0.0140. The van der Waals surface area contributed by atoms with E-state index in [1.165, 1.54) is 11.3 Å². The van der Waals surface area contributed by atoms with Gasteiger partial charge in [-0.2, -0.15) is 11.3 Å². The molecule has 1 aromatic rings. The van der Waals surface area contributed by atoms with Crippen molar-refractivity contribution in [3.8, 4) is 0 Å². The van der Waals surface area contributed by atoms with Gasteiger partial charge in [0, 0.05) is 38.1 Å². The molecule has 3 saturated heterocycles. The monoisotopic (exact) mass is 370 g/mol. The van der Waals surface area contributed by atoms with Gasteiger partial charge < -0.3 is 9.64 Å². The number of carbonyl (C=O) groups excluding carboxylic acids is 1. The predicted octanol–water partition coefficient (Wildman–Crippen LogP) is 0.710. The number of ether oxygens (including phenoxy) is 1. The van der Waals surface area contributed by atoms with Gasteiger partial charge in [-0.25, -0.2) is 8.42 Å². The summed E-state index contributed by atoms with van der Waals surface area (Å²) in [6.07, 6.45) is 0.709. The minimum atomic E-state index is -3.13. The lowest BCUT2D eigenvalue weighted by Crippen LogP contribution is -2.69. The molecule has 4 rings (SSSR count). The number of nitrogens with zero attached hydrogens (tertiary/aromatic N) is 2. The summed E-state index contributed by atoms with van der Waals surface area (Å²) in [6.45, 7) is 4.65. The van der Waals surface area contributed by atoms with E-state index in [4.69, 9.17) is 4.74 Å². The SMILES string of the molecule is O=C(c1ccsc1)N1CC2(C1)C(CN1CCOCC1)CCS2(=O)=O. The summed E-state index contributed by atoms with van der Waals surface area (Å²) >= 11 is 1.48. The number of rotatable bonds is 3. The van der Waals surface area contributed by atoms with Crippen molar-refractivity contribution in [1.29, 1.82) is 0 Å². The Kier molecular flexibility index (Phi) is 4.19. The zero-order valence-electron chi connectivity index (χ0n) is 13.5. The second-order valence-corrected chi connectivity index (χ2v) is 10.2. The normalized spacial score (nSPS) is 28.8. The van der Waals surface area contributed by atoms with E-state index in [0.717, 1.165) is 32.8 Å². The molecule has 1 aromatic heterocycles. The van der Waals surface area contributed by atoms with Gasteiger partial charge in [0.05, 0.1) is 24.5 Å². The Morgan fingerprint density at radius 3 is 2.75 bits per heavy atom. The highest BCUT2D eigenvalue weighted by molar-refractivity contribution is 7.93. The van der Waals surface area contributed by atoms with Gasteiger partial charge in [0.2, 0.25) is 0 Å². The fraction of sp³-hybridized carbons (Fsp3) is 0.688. The highest BCUT2D eigenvalue weighted by Crippen LogP contribution is 2.45. The molecule has 3 aliphatic rings. The first-order chi connectivity index (χ1) is 11.5. The Labute approximate surface area is 146 Å². The summed E-state index contributed by atoms with van der Waals surface area (Å²) in [6, 6.07) is 1.80. The predicted molar refractivity (Wildman–Crippen MR) is 92.1 cm³/mol. The van der Waals surface area contributed by atoms with Gasteiger partial charge in [0.1, 0.15) is 4.75 Å². The molecule has 1 spiro atoms. The molecule has 0 N–H and O–H groups in total. The quantitative estimate of drug-likeness (QED) is 0.784. The van der Waals surface area contributed by atoms with E-state index in [0.29, 0.717) is 25.1 Å². The standard InChI is InChI=1S/C16H22N2O4S2/c19-15(13-1-7-23-10-13)18-11-16(12-18)14(2-8-24(16,20)21)9-17-3-5-22-6-4-17/h1,7,10,14H,2-6,8-9,11-12H2. The van der Waals surface area contributed by atoms with Crippen LogP contribution in [0.2, 0.25) is 0 Å². The van der Waals surface area contributed by atoms with Crippen LogP contribution >= 0.6 is 11.3 Å². The Balaban J connectivity index is 1.48. The molecule has 0 bridgehead atoms. The first kappa shape index (κ1) is 16.5. The molecule has 3 fully saturated rings. The fourth-order valence-corrected chi connectivity index (χ4v) is 7.17. The van der Waals surface area contributed by atoms with Crippen LogP contribution < -0.4 is 0 Å². The molecule has 0 radical (unpaired) electrons. The average Bonchev–Trinajstić information content (AvgIpc) is 3.13. The molecule has 24 heavy (non-hydrogen) atoms. The molecule has 4 heterocycles. The molecule has 132 valence electrons. The first-order valence-corrected chi connectivity index (χ1v) is 11.0. The number of hydrogen-bond donors (Lipinski definition) is 0. The van der Waals surface area contributed by atoms with Gasteiger partial charge in [-0.3, -0.25) is 9.69 Å². The van der Waals surface area contributed by atoms with Crippen LogP contribution in [0.5, 0.6) is 0 Å². The molecule has 1 amide bonds. The number of thiophene rings is 1. The van der Waals surface area contributed by atoms with Crippen molar-refractivity contribution < 1.29 is 17.9 Å². The summed E-state index contributed by atoms with van der Waals surface area (Å²) < 4.78 is 30.0. The van der Waals surface area contributed by atoms with Gasteiger partial charge in [0.25, 0.3) is 5.91 Å². The van der Waals surface area contributed by atoms with Crippen LogP contribution in [0.4, 0.5) is 0 Å². The second-order valence-electron chi connectivity index (χ2n) is 6.96. The summed E-state index contributed by atoms with van der Waals surface area (Å²) in [5, 5.41) is 3.69. The Morgan fingerprint density at radius 1 is 1.33 bits per heavy atom. The Morgan fingerprint density at radius 2 is 2.08 bits per heavy atom. The minimum absolute atomic E-state index is 0.0471. The van der Waals surface area contributed by atoms with Crippen molar-refractivity contribution in [1.82, 2.24) is 9.80 Å². The lowest BCUT2D eigenvalue weighted by Gasteiger charge is -2.50. The number of sulfone groups is 1. The van der Waals surface area contributed by atoms with E-state index in [-0.39, 0.29) is 17.6 Å². The molecular weight excluding hydrogens is 348 g/mol. The molecule has 0 aliphatic carbocycles. The van der Waals surface area contributed by atoms with Crippen molar-refractivity contribution in [2.24, 2.45) is 5.92 Å². The smallest absolute Gasteiger partial charge is 0.254 e. The lowest BCUT2D eigenvalue weighted by atomic mass is 9.82. The summed E-state index contributed by atoms with van der Waals surface area (Å²) in [5.74, 6) is 0.323. The topological polar surface area (TPSA) is 66.9 Å². The van der Waals surface area contributed by atoms with Crippen molar-refractivity contribution in [2.75, 3.05) is 51.7 Å². The maximum atomic E-state index is 12.7. The molecule has 6 nitrogen and oxygen atoms in total. The molecule has 1 atom stereocenters. The summed E-state index contributed by atoms with van der Waals surface area (Å²) in [5.41, 5.74) is 0.662. The number of carbonyl (C=O) groups is 1. The van der Waals surface area contributed by atoms with Crippen LogP contribution in [0.3, 0.4) is 0 Å². The zero-order valence-corrected chi connectivity index (χ0v) is 15.2. The third-order valence-corrected chi connectivity index (χ3v) is 8.94. The fourth-order valence-electron chi connectivity index (χ4n) is 4.14. The van der Waals surface area contributed by atoms with Crippen LogP contribution in [-0.2, 0) is 14.6 Å². The maximum Gasteiger partial charge on any atom is 0.254 e. The molecule has 0 aromatic carbocycles. The van der Waals surface area contributed by atoms with E-state index >= 15 is 0 Å². The molecular formula is C16H22N2O4S2. The third kappa shape index (κ3) is 2.60. The second kappa shape index (κ2) is 6.09. The van der Waals surface area contributed by atoms with Gasteiger partial charge in [-0.15, -0.1) is 0 Å². The number of likely N-dealkylation sites (tertiary alicyclic amines) is 1. The van der Waals surface area contributed by atoms with Crippen molar-refractivity contribution in [3.63, 3.8) is 0 Å². The summed E-state index contributed by atoms with van der Waals surface area (Å²) in [7, 11) is -3.13. The number of amides is 1. The van der Waals surface area contributed by atoms with Crippen LogP contribution in [0.25, 0.3) is 0 Å². The van der Waals surface area contributed by atoms with E-state index in [9.17, 15) is 13.2 Å². The van der Waals surface area contributed by atoms with E-state index < -0.39 is 14.6 Å². The summed E-state index contributed by atoms with van der Waals surface area (Å²) in [4.78, 5) is 16.4. The van der Waals surface area contributed by atoms with Crippen molar-refractivity contribution in [3.05, 3.63) is 22.4 Å². The van der Waals surface area contributed by atoms with Gasteiger partial charge >= 0.3 is 0 Å². The first-order valence-electron chi connectivity index (χ1n) is 8.36.